The molecule has 0 aliphatic carbocycles. The Morgan fingerprint density at radius 3 is 2.35 bits per heavy atom. The second-order valence-corrected chi connectivity index (χ2v) is 9.35. The number of rotatable bonds is 4. The molecule has 178 valence electrons. The molecule has 1 saturated heterocycles. The number of nitrogens with zero attached hydrogens (tertiary/aromatic N) is 1. The van der Waals surface area contributed by atoms with E-state index in [1.54, 1.807) is 29.0 Å². The smallest absolute Gasteiger partial charge is 0.163 e. The standard InChI is InChI=1S/C25H22Cl2FNO5/c26-17-5-6-18(27)21-20(17)15(8-12-1-2-14-9-16(28)4-3-13(14)7-12)10-29(21)25-24(33)23(32)22(31)19(11-30)34-25/h1-7,9-10,19,22-25,30-33H,8,11H2/t19-,22-,23+,24-,25-/m1/s1. The Balaban J connectivity index is 1.61. The Morgan fingerprint density at radius 1 is 0.882 bits per heavy atom. The Hall–Kier alpha value is -2.23. The molecule has 0 spiro atoms. The molecule has 6 nitrogen and oxygen atoms in total. The predicted molar refractivity (Wildman–Crippen MR) is 128 cm³/mol. The summed E-state index contributed by atoms with van der Waals surface area (Å²) in [7, 11) is 0. The minimum atomic E-state index is -1.53. The molecule has 1 aliphatic heterocycles. The van der Waals surface area contributed by atoms with Crippen LogP contribution in [0.25, 0.3) is 21.7 Å². The average Bonchev–Trinajstić information content (AvgIpc) is 3.20. The molecule has 34 heavy (non-hydrogen) atoms. The second-order valence-electron chi connectivity index (χ2n) is 8.54. The van der Waals surface area contributed by atoms with Crippen molar-refractivity contribution in [3.63, 3.8) is 0 Å². The van der Waals surface area contributed by atoms with E-state index in [0.29, 0.717) is 27.4 Å². The normalized spacial score (nSPS) is 25.3. The number of hydrogen-bond donors (Lipinski definition) is 4. The molecule has 2 heterocycles. The monoisotopic (exact) mass is 505 g/mol. The fraction of sp³-hybridized carbons (Fsp3) is 0.280. The van der Waals surface area contributed by atoms with Crippen molar-refractivity contribution in [2.45, 2.75) is 37.1 Å². The molecule has 0 saturated carbocycles. The molecule has 0 radical (unpaired) electrons. The maximum absolute atomic E-state index is 13.5. The van der Waals surface area contributed by atoms with Crippen LogP contribution in [-0.2, 0) is 11.2 Å². The molecule has 3 aromatic carbocycles. The lowest BCUT2D eigenvalue weighted by atomic mass is 9.98. The Kier molecular flexibility index (Phi) is 6.29. The molecular weight excluding hydrogens is 484 g/mol. The van der Waals surface area contributed by atoms with Gasteiger partial charge in [-0.2, -0.15) is 0 Å². The molecule has 9 heteroatoms. The van der Waals surface area contributed by atoms with Gasteiger partial charge in [-0.25, -0.2) is 4.39 Å². The zero-order chi connectivity index (χ0) is 24.1. The van der Waals surface area contributed by atoms with E-state index in [4.69, 9.17) is 27.9 Å². The van der Waals surface area contributed by atoms with Gasteiger partial charge in [-0.3, -0.25) is 0 Å². The molecule has 4 N–H and O–H groups in total. The molecule has 5 atom stereocenters. The Labute approximate surface area is 204 Å². The largest absolute Gasteiger partial charge is 0.394 e. The number of fused-ring (bicyclic) bond motifs is 2. The minimum Gasteiger partial charge on any atom is -0.394 e. The number of hydrogen-bond acceptors (Lipinski definition) is 5. The molecule has 0 bridgehead atoms. The third kappa shape index (κ3) is 3.97. The highest BCUT2D eigenvalue weighted by Crippen LogP contribution is 2.39. The number of halogens is 3. The number of benzene rings is 3. The van der Waals surface area contributed by atoms with Crippen molar-refractivity contribution in [3.05, 3.63) is 81.7 Å². The summed E-state index contributed by atoms with van der Waals surface area (Å²) >= 11 is 13.1. The summed E-state index contributed by atoms with van der Waals surface area (Å²) in [4.78, 5) is 0. The van der Waals surface area contributed by atoms with Crippen molar-refractivity contribution in [3.8, 4) is 0 Å². The van der Waals surface area contributed by atoms with Crippen molar-refractivity contribution in [2.24, 2.45) is 0 Å². The van der Waals surface area contributed by atoms with Gasteiger partial charge in [0.05, 0.1) is 22.2 Å². The van der Waals surface area contributed by atoms with E-state index in [1.807, 2.05) is 18.2 Å². The summed E-state index contributed by atoms with van der Waals surface area (Å²) < 4.78 is 20.9. The Bertz CT molecular complexity index is 1370. The predicted octanol–water partition coefficient (Wildman–Crippen LogP) is 3.80. The van der Waals surface area contributed by atoms with E-state index in [9.17, 15) is 24.8 Å². The first-order valence-corrected chi connectivity index (χ1v) is 11.5. The van der Waals surface area contributed by atoms with E-state index in [2.05, 4.69) is 0 Å². The van der Waals surface area contributed by atoms with Crippen LogP contribution in [0.2, 0.25) is 10.0 Å². The van der Waals surface area contributed by atoms with E-state index in [-0.39, 0.29) is 5.82 Å². The minimum absolute atomic E-state index is 0.302. The zero-order valence-electron chi connectivity index (χ0n) is 17.8. The molecule has 4 aromatic rings. The summed E-state index contributed by atoms with van der Waals surface area (Å²) in [5, 5.41) is 43.9. The zero-order valence-corrected chi connectivity index (χ0v) is 19.3. The van der Waals surface area contributed by atoms with E-state index in [1.165, 1.54) is 12.1 Å². The molecule has 1 aromatic heterocycles. The van der Waals surface area contributed by atoms with E-state index >= 15 is 0 Å². The van der Waals surface area contributed by atoms with Crippen molar-refractivity contribution >= 4 is 44.9 Å². The molecule has 1 fully saturated rings. The molecule has 5 rings (SSSR count). The van der Waals surface area contributed by atoms with Gasteiger partial charge >= 0.3 is 0 Å². The first-order valence-electron chi connectivity index (χ1n) is 10.7. The van der Waals surface area contributed by atoms with Gasteiger partial charge in [-0.15, -0.1) is 0 Å². The molecular formula is C25H22Cl2FNO5. The SMILES string of the molecule is OC[C@H]1O[C@@H](n2cc(Cc3ccc4cc(F)ccc4c3)c3c(Cl)ccc(Cl)c32)[C@H](O)[C@@H](O)[C@@H]1O. The summed E-state index contributed by atoms with van der Waals surface area (Å²) in [6.45, 7) is -0.542. The number of aromatic nitrogens is 1. The topological polar surface area (TPSA) is 95.1 Å². The maximum atomic E-state index is 13.5. The van der Waals surface area contributed by atoms with Gasteiger partial charge in [0, 0.05) is 11.6 Å². The van der Waals surface area contributed by atoms with Crippen LogP contribution in [0.4, 0.5) is 4.39 Å². The van der Waals surface area contributed by atoms with Gasteiger partial charge in [0.25, 0.3) is 0 Å². The van der Waals surface area contributed by atoms with Gasteiger partial charge in [-0.1, -0.05) is 47.5 Å². The van der Waals surface area contributed by atoms with Gasteiger partial charge in [0.15, 0.2) is 6.23 Å². The number of aliphatic hydroxyl groups is 4. The first kappa shape index (κ1) is 23.5. The Morgan fingerprint density at radius 2 is 1.59 bits per heavy atom. The van der Waals surface area contributed by atoms with Crippen LogP contribution < -0.4 is 0 Å². The maximum Gasteiger partial charge on any atom is 0.163 e. The summed E-state index contributed by atoms with van der Waals surface area (Å²) in [6.07, 6.45) is -4.48. The lowest BCUT2D eigenvalue weighted by Gasteiger charge is -2.40. The van der Waals surface area contributed by atoms with Crippen LogP contribution in [0.15, 0.2) is 54.7 Å². The van der Waals surface area contributed by atoms with Gasteiger partial charge < -0.3 is 29.7 Å². The third-order valence-electron chi connectivity index (χ3n) is 6.35. The highest BCUT2D eigenvalue weighted by Gasteiger charge is 2.44. The number of ether oxygens (including phenoxy) is 1. The first-order chi connectivity index (χ1) is 16.3. The van der Waals surface area contributed by atoms with Gasteiger partial charge in [0.1, 0.15) is 30.2 Å². The summed E-state index contributed by atoms with van der Waals surface area (Å²) in [5.74, 6) is -0.302. The molecule has 0 unspecified atom stereocenters. The molecule has 1 aliphatic rings. The fourth-order valence-corrected chi connectivity index (χ4v) is 5.17. The van der Waals surface area contributed by atoms with Crippen LogP contribution in [-0.4, -0.2) is 56.0 Å². The lowest BCUT2D eigenvalue weighted by molar-refractivity contribution is -0.250. The van der Waals surface area contributed by atoms with Crippen molar-refractivity contribution in [2.75, 3.05) is 6.61 Å². The highest BCUT2D eigenvalue weighted by molar-refractivity contribution is 6.40. The van der Waals surface area contributed by atoms with Crippen LogP contribution in [0.3, 0.4) is 0 Å². The van der Waals surface area contributed by atoms with E-state index < -0.39 is 37.3 Å². The van der Waals surface area contributed by atoms with Crippen LogP contribution in [0, 0.1) is 5.82 Å². The van der Waals surface area contributed by atoms with Crippen molar-refractivity contribution in [1.82, 2.24) is 4.57 Å². The second kappa shape index (κ2) is 9.09. The average molecular weight is 506 g/mol. The number of aliphatic hydroxyl groups excluding tert-OH is 4. The van der Waals surface area contributed by atoms with Crippen molar-refractivity contribution < 1.29 is 29.6 Å². The van der Waals surface area contributed by atoms with E-state index in [0.717, 1.165) is 21.9 Å². The molecule has 0 amide bonds. The van der Waals surface area contributed by atoms with Gasteiger partial charge in [0.2, 0.25) is 0 Å². The van der Waals surface area contributed by atoms with Crippen molar-refractivity contribution in [1.29, 1.82) is 0 Å². The third-order valence-corrected chi connectivity index (χ3v) is 6.97. The summed E-state index contributed by atoms with van der Waals surface area (Å²) in [5.41, 5.74) is 2.24. The quantitative estimate of drug-likeness (QED) is 0.338. The fourth-order valence-electron chi connectivity index (χ4n) is 4.64. The van der Waals surface area contributed by atoms with Gasteiger partial charge in [-0.05, 0) is 52.6 Å². The highest BCUT2D eigenvalue weighted by atomic mass is 35.5. The lowest BCUT2D eigenvalue weighted by Crippen LogP contribution is -2.56. The van der Waals surface area contributed by atoms with Crippen LogP contribution in [0.1, 0.15) is 17.4 Å². The van der Waals surface area contributed by atoms with Crippen LogP contribution >= 0.6 is 23.2 Å². The summed E-state index contributed by atoms with van der Waals surface area (Å²) in [6, 6.07) is 13.6. The van der Waals surface area contributed by atoms with Crippen LogP contribution in [0.5, 0.6) is 0 Å².